The first-order valence-electron chi connectivity index (χ1n) is 9.55. The molecule has 0 saturated heterocycles. The lowest BCUT2D eigenvalue weighted by Crippen LogP contribution is -2.26. The maximum absolute atomic E-state index is 10.6. The second kappa shape index (κ2) is 9.97. The maximum Gasteiger partial charge on any atom is 0.490 e. The largest absolute Gasteiger partial charge is 0.490 e. The summed E-state index contributed by atoms with van der Waals surface area (Å²) in [5, 5.41) is 10.4. The Bertz CT molecular complexity index is 1020. The summed E-state index contributed by atoms with van der Waals surface area (Å²) in [7, 11) is 0. The van der Waals surface area contributed by atoms with Crippen LogP contribution in [0, 0.1) is 6.92 Å². The van der Waals surface area contributed by atoms with Crippen LogP contribution in [0.3, 0.4) is 0 Å². The number of carbonyl (C=O) groups is 1. The van der Waals surface area contributed by atoms with Crippen molar-refractivity contribution in [2.24, 2.45) is 0 Å². The average molecular weight is 450 g/mol. The van der Waals surface area contributed by atoms with Gasteiger partial charge in [0, 0.05) is 48.3 Å². The molecule has 164 valence electrons. The van der Waals surface area contributed by atoms with E-state index in [4.69, 9.17) is 9.90 Å². The highest BCUT2D eigenvalue weighted by molar-refractivity contribution is 7.09. The van der Waals surface area contributed by atoms with E-state index >= 15 is 0 Å². The van der Waals surface area contributed by atoms with Crippen LogP contribution < -0.4 is 0 Å². The lowest BCUT2D eigenvalue weighted by Gasteiger charge is -2.18. The molecule has 31 heavy (non-hydrogen) atoms. The third-order valence-electron chi connectivity index (χ3n) is 4.72. The van der Waals surface area contributed by atoms with Crippen LogP contribution in [-0.4, -0.2) is 50.2 Å². The molecule has 0 unspecified atom stereocenters. The average Bonchev–Trinajstić information content (AvgIpc) is 3.03. The Hall–Kier alpha value is -2.85. The van der Waals surface area contributed by atoms with Crippen molar-refractivity contribution in [2.75, 3.05) is 13.1 Å². The molecule has 1 aliphatic rings. The normalized spacial score (nSPS) is 14.2. The van der Waals surface area contributed by atoms with Gasteiger partial charge in [-0.2, -0.15) is 13.2 Å². The molecular formula is C21H21F3N4O2S. The predicted octanol–water partition coefficient (Wildman–Crippen LogP) is 4.14. The number of halogens is 3. The number of aromatic nitrogens is 3. The standard InChI is InChI=1S/C19H20N4S.C2HF3O2/c1-14-22-16(12-24-14)11-23-9-7-17-18(8-10-23)20-13-21-19(17)15-5-3-2-4-6-15;3-2(4,5)1(6)7/h2-6,12-13H,7-11H2,1H3;(H,6,7). The fourth-order valence-electron chi connectivity index (χ4n) is 3.29. The van der Waals surface area contributed by atoms with Crippen LogP contribution in [-0.2, 0) is 24.2 Å². The lowest BCUT2D eigenvalue weighted by molar-refractivity contribution is -0.192. The Kier molecular flexibility index (Phi) is 7.34. The maximum atomic E-state index is 10.6. The third-order valence-corrected chi connectivity index (χ3v) is 5.54. The minimum Gasteiger partial charge on any atom is -0.475 e. The minimum absolute atomic E-state index is 0.923. The lowest BCUT2D eigenvalue weighted by atomic mass is 10.0. The van der Waals surface area contributed by atoms with E-state index in [2.05, 4.69) is 56.4 Å². The van der Waals surface area contributed by atoms with Crippen LogP contribution >= 0.6 is 11.3 Å². The molecular weight excluding hydrogens is 429 g/mol. The van der Waals surface area contributed by atoms with Crippen LogP contribution in [0.15, 0.2) is 42.0 Å². The van der Waals surface area contributed by atoms with Crippen molar-refractivity contribution in [3.8, 4) is 11.3 Å². The molecule has 1 N–H and O–H groups in total. The molecule has 1 aromatic carbocycles. The van der Waals surface area contributed by atoms with E-state index < -0.39 is 12.1 Å². The molecule has 3 aromatic rings. The van der Waals surface area contributed by atoms with Gasteiger partial charge in [0.05, 0.1) is 16.4 Å². The molecule has 1 aliphatic heterocycles. The molecule has 0 radical (unpaired) electrons. The summed E-state index contributed by atoms with van der Waals surface area (Å²) in [6.45, 7) is 5.03. The zero-order valence-corrected chi connectivity index (χ0v) is 17.6. The molecule has 6 nitrogen and oxygen atoms in total. The number of benzene rings is 1. The van der Waals surface area contributed by atoms with E-state index in [9.17, 15) is 13.2 Å². The van der Waals surface area contributed by atoms with Gasteiger partial charge in [0.15, 0.2) is 0 Å². The second-order valence-corrected chi connectivity index (χ2v) is 8.01. The van der Waals surface area contributed by atoms with E-state index in [0.717, 1.165) is 43.2 Å². The molecule has 0 spiro atoms. The van der Waals surface area contributed by atoms with E-state index in [-0.39, 0.29) is 0 Å². The number of rotatable bonds is 3. The molecule has 0 aliphatic carbocycles. The molecule has 0 saturated carbocycles. The SMILES string of the molecule is Cc1nc(CN2CCc3ncnc(-c4ccccc4)c3CC2)cs1.O=C(O)C(F)(F)F. The number of aliphatic carboxylic acids is 1. The van der Waals surface area contributed by atoms with E-state index in [0.29, 0.717) is 0 Å². The summed E-state index contributed by atoms with van der Waals surface area (Å²) in [5.41, 5.74) is 5.95. The molecule has 0 fully saturated rings. The summed E-state index contributed by atoms with van der Waals surface area (Å²) in [4.78, 5) is 25.1. The van der Waals surface area contributed by atoms with Crippen molar-refractivity contribution >= 4 is 17.3 Å². The molecule has 4 rings (SSSR count). The molecule has 3 heterocycles. The van der Waals surface area contributed by atoms with Gasteiger partial charge in [-0.1, -0.05) is 30.3 Å². The van der Waals surface area contributed by atoms with Gasteiger partial charge in [0.2, 0.25) is 0 Å². The summed E-state index contributed by atoms with van der Waals surface area (Å²) in [5.74, 6) is -2.76. The number of carboxylic acids is 1. The van der Waals surface area contributed by atoms with Crippen LogP contribution in [0.1, 0.15) is 22.0 Å². The highest BCUT2D eigenvalue weighted by atomic mass is 32.1. The minimum atomic E-state index is -5.08. The summed E-state index contributed by atoms with van der Waals surface area (Å²) < 4.78 is 31.7. The summed E-state index contributed by atoms with van der Waals surface area (Å²) in [6, 6.07) is 10.4. The van der Waals surface area contributed by atoms with Crippen LogP contribution in [0.2, 0.25) is 0 Å². The Morgan fingerprint density at radius 3 is 2.45 bits per heavy atom. The zero-order valence-electron chi connectivity index (χ0n) is 16.8. The summed E-state index contributed by atoms with van der Waals surface area (Å²) in [6.07, 6.45) is -1.41. The predicted molar refractivity (Wildman–Crippen MR) is 111 cm³/mol. The van der Waals surface area contributed by atoms with Gasteiger partial charge in [-0.25, -0.2) is 19.7 Å². The fourth-order valence-corrected chi connectivity index (χ4v) is 3.89. The number of fused-ring (bicyclic) bond motifs is 1. The first-order valence-corrected chi connectivity index (χ1v) is 10.4. The smallest absolute Gasteiger partial charge is 0.475 e. The molecule has 0 atom stereocenters. The van der Waals surface area contributed by atoms with Crippen molar-refractivity contribution < 1.29 is 23.1 Å². The summed E-state index contributed by atoms with van der Waals surface area (Å²) >= 11 is 1.73. The molecule has 0 bridgehead atoms. The Balaban J connectivity index is 0.000000339. The van der Waals surface area contributed by atoms with Crippen molar-refractivity contribution in [1.29, 1.82) is 0 Å². The van der Waals surface area contributed by atoms with Gasteiger partial charge >= 0.3 is 12.1 Å². The number of alkyl halides is 3. The van der Waals surface area contributed by atoms with Crippen molar-refractivity contribution in [2.45, 2.75) is 32.5 Å². The zero-order chi connectivity index (χ0) is 22.4. The van der Waals surface area contributed by atoms with E-state index in [1.807, 2.05) is 6.07 Å². The van der Waals surface area contributed by atoms with E-state index in [1.54, 1.807) is 17.7 Å². The second-order valence-electron chi connectivity index (χ2n) is 6.95. The number of nitrogens with zero attached hydrogens (tertiary/aromatic N) is 4. The van der Waals surface area contributed by atoms with Gasteiger partial charge < -0.3 is 5.11 Å². The monoisotopic (exact) mass is 450 g/mol. The van der Waals surface area contributed by atoms with Crippen molar-refractivity contribution in [1.82, 2.24) is 19.9 Å². The number of carboxylic acid groups (broad SMARTS) is 1. The van der Waals surface area contributed by atoms with Gasteiger partial charge in [-0.05, 0) is 13.3 Å². The first-order chi connectivity index (χ1) is 14.7. The van der Waals surface area contributed by atoms with E-state index in [1.165, 1.54) is 22.5 Å². The van der Waals surface area contributed by atoms with Crippen molar-refractivity contribution in [3.63, 3.8) is 0 Å². The number of aryl methyl sites for hydroxylation is 1. The van der Waals surface area contributed by atoms with Gasteiger partial charge in [-0.3, -0.25) is 4.90 Å². The van der Waals surface area contributed by atoms with Gasteiger partial charge in [-0.15, -0.1) is 11.3 Å². The molecule has 0 amide bonds. The number of hydrogen-bond acceptors (Lipinski definition) is 6. The quantitative estimate of drug-likeness (QED) is 0.646. The third kappa shape index (κ3) is 6.31. The van der Waals surface area contributed by atoms with Gasteiger partial charge in [0.1, 0.15) is 6.33 Å². The van der Waals surface area contributed by atoms with Gasteiger partial charge in [0.25, 0.3) is 0 Å². The number of thiazole rings is 1. The van der Waals surface area contributed by atoms with Crippen LogP contribution in [0.25, 0.3) is 11.3 Å². The fraction of sp³-hybridized carbons (Fsp3) is 0.333. The molecule has 2 aromatic heterocycles. The highest BCUT2D eigenvalue weighted by Crippen LogP contribution is 2.26. The molecule has 10 heteroatoms. The van der Waals surface area contributed by atoms with Crippen LogP contribution in [0.4, 0.5) is 13.2 Å². The van der Waals surface area contributed by atoms with Crippen LogP contribution in [0.5, 0.6) is 0 Å². The highest BCUT2D eigenvalue weighted by Gasteiger charge is 2.38. The number of hydrogen-bond donors (Lipinski definition) is 1. The first kappa shape index (κ1) is 22.8. The Labute approximate surface area is 181 Å². The Morgan fingerprint density at radius 1 is 1.16 bits per heavy atom. The van der Waals surface area contributed by atoms with Crippen molar-refractivity contribution in [3.05, 3.63) is 64.0 Å². The topological polar surface area (TPSA) is 79.2 Å². The Morgan fingerprint density at radius 2 is 1.84 bits per heavy atom.